The molecule has 0 aliphatic heterocycles. The number of nitrogens with zero attached hydrogens (tertiary/aromatic N) is 1. The zero-order chi connectivity index (χ0) is 9.26. The molecule has 1 aromatic rings. The van der Waals surface area contributed by atoms with Crippen molar-refractivity contribution in [3.8, 4) is 5.75 Å². The van der Waals surface area contributed by atoms with E-state index in [9.17, 15) is 5.11 Å². The van der Waals surface area contributed by atoms with Gasteiger partial charge in [0.1, 0.15) is 16.9 Å². The first kappa shape index (κ1) is 8.10. The fourth-order valence-electron chi connectivity index (χ4n) is 1.55. The SMILES string of the molecule is COC1=c2nccc(O)c2=CCC1. The van der Waals surface area contributed by atoms with Crippen LogP contribution in [0.15, 0.2) is 12.3 Å². The van der Waals surface area contributed by atoms with Gasteiger partial charge in [0.2, 0.25) is 0 Å². The van der Waals surface area contributed by atoms with Crippen LogP contribution in [0, 0.1) is 0 Å². The van der Waals surface area contributed by atoms with Gasteiger partial charge in [0, 0.05) is 17.8 Å². The summed E-state index contributed by atoms with van der Waals surface area (Å²) in [5.41, 5.74) is 0. The normalized spacial score (nSPS) is 14.7. The lowest BCUT2D eigenvalue weighted by atomic mass is 10.1. The average molecular weight is 177 g/mol. The number of hydrogen-bond donors (Lipinski definition) is 1. The summed E-state index contributed by atoms with van der Waals surface area (Å²) in [4.78, 5) is 4.18. The van der Waals surface area contributed by atoms with Crippen molar-refractivity contribution in [2.75, 3.05) is 7.11 Å². The van der Waals surface area contributed by atoms with Crippen LogP contribution in [0.3, 0.4) is 0 Å². The smallest absolute Gasteiger partial charge is 0.126 e. The summed E-state index contributed by atoms with van der Waals surface area (Å²) in [5, 5.41) is 11.1. The second kappa shape index (κ2) is 3.09. The summed E-state index contributed by atoms with van der Waals surface area (Å²) < 4.78 is 5.20. The first-order chi connectivity index (χ1) is 6.33. The predicted molar refractivity (Wildman–Crippen MR) is 49.3 cm³/mol. The lowest BCUT2D eigenvalue weighted by Crippen LogP contribution is -2.33. The third-order valence-electron chi connectivity index (χ3n) is 2.20. The third kappa shape index (κ3) is 1.26. The molecule has 0 bridgehead atoms. The van der Waals surface area contributed by atoms with Crippen molar-refractivity contribution in [2.24, 2.45) is 0 Å². The van der Waals surface area contributed by atoms with Crippen LogP contribution in [0.1, 0.15) is 12.8 Å². The van der Waals surface area contributed by atoms with E-state index >= 15 is 0 Å². The Bertz CT molecular complexity index is 437. The van der Waals surface area contributed by atoms with E-state index in [1.165, 1.54) is 0 Å². The van der Waals surface area contributed by atoms with Gasteiger partial charge in [-0.1, -0.05) is 6.08 Å². The molecule has 0 aromatic carbocycles. The maximum absolute atomic E-state index is 9.53. The van der Waals surface area contributed by atoms with Gasteiger partial charge in [-0.25, -0.2) is 0 Å². The molecular formula is C10H11NO2. The maximum Gasteiger partial charge on any atom is 0.126 e. The first-order valence-electron chi connectivity index (χ1n) is 4.24. The molecule has 1 aromatic heterocycles. The minimum absolute atomic E-state index is 0.277. The van der Waals surface area contributed by atoms with Crippen LogP contribution in [0.5, 0.6) is 5.75 Å². The van der Waals surface area contributed by atoms with Gasteiger partial charge in [-0.2, -0.15) is 0 Å². The van der Waals surface area contributed by atoms with Gasteiger partial charge in [-0.15, -0.1) is 0 Å². The number of fused-ring (bicyclic) bond motifs is 1. The lowest BCUT2D eigenvalue weighted by molar-refractivity contribution is 0.346. The quantitative estimate of drug-likeness (QED) is 0.662. The molecule has 1 heterocycles. The Hall–Kier alpha value is -1.51. The zero-order valence-electron chi connectivity index (χ0n) is 7.45. The Morgan fingerprint density at radius 2 is 2.38 bits per heavy atom. The second-order valence-corrected chi connectivity index (χ2v) is 2.96. The van der Waals surface area contributed by atoms with Crippen LogP contribution in [0.2, 0.25) is 0 Å². The van der Waals surface area contributed by atoms with Crippen LogP contribution >= 0.6 is 0 Å². The van der Waals surface area contributed by atoms with Crippen molar-refractivity contribution in [3.05, 3.63) is 22.8 Å². The Morgan fingerprint density at radius 1 is 1.54 bits per heavy atom. The van der Waals surface area contributed by atoms with Crippen molar-refractivity contribution in [1.29, 1.82) is 0 Å². The molecule has 0 fully saturated rings. The summed E-state index contributed by atoms with van der Waals surface area (Å²) in [6, 6.07) is 1.59. The fourth-order valence-corrected chi connectivity index (χ4v) is 1.55. The predicted octanol–water partition coefficient (Wildman–Crippen LogP) is 0.116. The van der Waals surface area contributed by atoms with Gasteiger partial charge in [0.05, 0.1) is 7.11 Å². The van der Waals surface area contributed by atoms with Crippen LogP contribution in [-0.2, 0) is 4.74 Å². The van der Waals surface area contributed by atoms with Crippen LogP contribution in [0.4, 0.5) is 0 Å². The maximum atomic E-state index is 9.53. The van der Waals surface area contributed by atoms with Crippen molar-refractivity contribution in [1.82, 2.24) is 4.98 Å². The summed E-state index contributed by atoms with van der Waals surface area (Å²) in [7, 11) is 1.64. The molecule has 1 N–H and O–H groups in total. The third-order valence-corrected chi connectivity index (χ3v) is 2.20. The highest BCUT2D eigenvalue weighted by molar-refractivity contribution is 5.46. The van der Waals surface area contributed by atoms with E-state index in [2.05, 4.69) is 4.98 Å². The molecule has 1 aliphatic rings. The molecule has 0 amide bonds. The molecule has 0 radical (unpaired) electrons. The van der Waals surface area contributed by atoms with Crippen LogP contribution in [-0.4, -0.2) is 17.2 Å². The summed E-state index contributed by atoms with van der Waals surface area (Å²) in [5.74, 6) is 1.13. The minimum Gasteiger partial charge on any atom is -0.507 e. The number of ether oxygens (including phenoxy) is 1. The zero-order valence-corrected chi connectivity index (χ0v) is 7.45. The Labute approximate surface area is 76.0 Å². The molecule has 3 nitrogen and oxygen atoms in total. The van der Waals surface area contributed by atoms with Gasteiger partial charge >= 0.3 is 0 Å². The molecule has 68 valence electrons. The second-order valence-electron chi connectivity index (χ2n) is 2.96. The number of methoxy groups -OCH3 is 1. The van der Waals surface area contributed by atoms with E-state index in [-0.39, 0.29) is 5.75 Å². The molecule has 13 heavy (non-hydrogen) atoms. The van der Waals surface area contributed by atoms with Crippen molar-refractivity contribution in [2.45, 2.75) is 12.8 Å². The number of pyridine rings is 1. The highest BCUT2D eigenvalue weighted by Gasteiger charge is 2.07. The fraction of sp³-hybridized carbons (Fsp3) is 0.300. The topological polar surface area (TPSA) is 42.4 Å². The van der Waals surface area contributed by atoms with Gasteiger partial charge in [0.15, 0.2) is 0 Å². The van der Waals surface area contributed by atoms with Crippen molar-refractivity contribution >= 4 is 11.8 Å². The monoisotopic (exact) mass is 177 g/mol. The molecule has 3 heteroatoms. The van der Waals surface area contributed by atoms with Gasteiger partial charge in [0.25, 0.3) is 0 Å². The Balaban J connectivity index is 2.84. The number of hydrogen-bond acceptors (Lipinski definition) is 3. The Kier molecular flexibility index (Phi) is 1.93. The van der Waals surface area contributed by atoms with E-state index in [0.29, 0.717) is 0 Å². The molecule has 0 saturated heterocycles. The molecular weight excluding hydrogens is 166 g/mol. The number of aromatic hydroxyl groups is 1. The van der Waals surface area contributed by atoms with Crippen LogP contribution in [0.25, 0.3) is 11.8 Å². The summed E-state index contributed by atoms with van der Waals surface area (Å²) in [6.45, 7) is 0. The van der Waals surface area contributed by atoms with Crippen LogP contribution < -0.4 is 10.6 Å². The van der Waals surface area contributed by atoms with Crippen molar-refractivity contribution < 1.29 is 9.84 Å². The molecule has 0 atom stereocenters. The first-order valence-corrected chi connectivity index (χ1v) is 4.24. The minimum atomic E-state index is 0.277. The number of aromatic nitrogens is 1. The average Bonchev–Trinajstić information content (AvgIpc) is 2.18. The van der Waals surface area contributed by atoms with Crippen molar-refractivity contribution in [3.63, 3.8) is 0 Å². The molecule has 0 spiro atoms. The standard InChI is InChI=1S/C10H11NO2/c1-13-9-4-2-3-7-8(12)5-6-11-10(7)9/h3,5-6,12H,2,4H2,1H3. The molecule has 2 rings (SSSR count). The van der Waals surface area contributed by atoms with E-state index in [1.54, 1.807) is 19.4 Å². The molecule has 0 unspecified atom stereocenters. The van der Waals surface area contributed by atoms with E-state index in [4.69, 9.17) is 4.74 Å². The van der Waals surface area contributed by atoms with E-state index in [1.807, 2.05) is 6.08 Å². The number of rotatable bonds is 1. The highest BCUT2D eigenvalue weighted by Crippen LogP contribution is 2.09. The lowest BCUT2D eigenvalue weighted by Gasteiger charge is -2.08. The highest BCUT2D eigenvalue weighted by atomic mass is 16.5. The Morgan fingerprint density at radius 3 is 3.15 bits per heavy atom. The largest absolute Gasteiger partial charge is 0.507 e. The molecule has 0 saturated carbocycles. The molecule has 1 aliphatic carbocycles. The van der Waals surface area contributed by atoms with Gasteiger partial charge in [-0.05, 0) is 12.5 Å². The summed E-state index contributed by atoms with van der Waals surface area (Å²) >= 11 is 0. The summed E-state index contributed by atoms with van der Waals surface area (Å²) in [6.07, 6.45) is 5.34. The van der Waals surface area contributed by atoms with Gasteiger partial charge in [-0.3, -0.25) is 4.98 Å². The van der Waals surface area contributed by atoms with Gasteiger partial charge < -0.3 is 9.84 Å². The van der Waals surface area contributed by atoms with E-state index < -0.39 is 0 Å². The van der Waals surface area contributed by atoms with E-state index in [0.717, 1.165) is 29.2 Å².